The highest BCUT2D eigenvalue weighted by molar-refractivity contribution is 5.97. The van der Waals surface area contributed by atoms with Crippen molar-refractivity contribution in [3.8, 4) is 11.5 Å². The Kier molecular flexibility index (Phi) is 3.07. The van der Waals surface area contributed by atoms with Crippen molar-refractivity contribution in [1.29, 1.82) is 0 Å². The Morgan fingerprint density at radius 1 is 1.39 bits per heavy atom. The molecule has 1 heterocycles. The molecular weight excluding hydrogens is 232 g/mol. The molecule has 0 aliphatic carbocycles. The van der Waals surface area contributed by atoms with Crippen LogP contribution in [0, 0.1) is 5.41 Å². The quantitative estimate of drug-likeness (QED) is 0.808. The number of hydrogen-bond donors (Lipinski definition) is 2. The molecule has 18 heavy (non-hydrogen) atoms. The number of ether oxygens (including phenoxy) is 2. The summed E-state index contributed by atoms with van der Waals surface area (Å²) in [6.45, 7) is 5.95. The fraction of sp³-hybridized carbons (Fsp3) is 0.462. The zero-order valence-corrected chi connectivity index (χ0v) is 10.9. The molecule has 3 N–H and O–H groups in total. The molecule has 1 aliphatic heterocycles. The normalized spacial score (nSPS) is 13.5. The summed E-state index contributed by atoms with van der Waals surface area (Å²) in [6, 6.07) is 3.36. The summed E-state index contributed by atoms with van der Waals surface area (Å²) in [5, 5.41) is 2.83. The van der Waals surface area contributed by atoms with E-state index in [1.807, 2.05) is 20.8 Å². The maximum atomic E-state index is 12.1. The number of anilines is 2. The molecular formula is C13H18N2O3. The van der Waals surface area contributed by atoms with E-state index in [0.717, 1.165) is 6.42 Å². The van der Waals surface area contributed by atoms with Crippen LogP contribution >= 0.6 is 0 Å². The van der Waals surface area contributed by atoms with Gasteiger partial charge in [0.15, 0.2) is 11.5 Å². The molecule has 1 aromatic carbocycles. The van der Waals surface area contributed by atoms with Crippen LogP contribution in [0.4, 0.5) is 11.4 Å². The summed E-state index contributed by atoms with van der Waals surface area (Å²) in [7, 11) is 0. The lowest BCUT2D eigenvalue weighted by atomic mass is 9.89. The van der Waals surface area contributed by atoms with Gasteiger partial charge in [-0.1, -0.05) is 20.8 Å². The summed E-state index contributed by atoms with van der Waals surface area (Å²) in [5.41, 5.74) is 6.48. The van der Waals surface area contributed by atoms with Crippen molar-refractivity contribution < 1.29 is 14.3 Å². The van der Waals surface area contributed by atoms with Crippen LogP contribution in [-0.4, -0.2) is 12.7 Å². The van der Waals surface area contributed by atoms with Gasteiger partial charge in [-0.2, -0.15) is 0 Å². The number of hydrogen-bond acceptors (Lipinski definition) is 4. The fourth-order valence-corrected chi connectivity index (χ4v) is 1.52. The second kappa shape index (κ2) is 4.40. The molecule has 5 heteroatoms. The van der Waals surface area contributed by atoms with Crippen LogP contribution in [0.2, 0.25) is 0 Å². The molecule has 5 nitrogen and oxygen atoms in total. The lowest BCUT2D eigenvalue weighted by Gasteiger charge is -2.22. The first-order valence-corrected chi connectivity index (χ1v) is 5.94. The van der Waals surface area contributed by atoms with Gasteiger partial charge in [-0.25, -0.2) is 0 Å². The number of rotatable bonds is 3. The van der Waals surface area contributed by atoms with Gasteiger partial charge >= 0.3 is 0 Å². The van der Waals surface area contributed by atoms with Crippen molar-refractivity contribution in [1.82, 2.24) is 0 Å². The number of amides is 1. The Hall–Kier alpha value is -1.91. The molecule has 0 unspecified atom stereocenters. The van der Waals surface area contributed by atoms with Crippen LogP contribution in [0.5, 0.6) is 11.5 Å². The van der Waals surface area contributed by atoms with Gasteiger partial charge in [-0.3, -0.25) is 4.79 Å². The summed E-state index contributed by atoms with van der Waals surface area (Å²) >= 11 is 0. The number of fused-ring (bicyclic) bond motifs is 1. The Morgan fingerprint density at radius 2 is 2.00 bits per heavy atom. The first-order valence-electron chi connectivity index (χ1n) is 5.94. The number of carbonyl (C=O) groups is 1. The summed E-state index contributed by atoms with van der Waals surface area (Å²) < 4.78 is 10.5. The summed E-state index contributed by atoms with van der Waals surface area (Å²) in [5.74, 6) is 1.16. The highest BCUT2D eigenvalue weighted by Gasteiger charge is 2.26. The third-order valence-corrected chi connectivity index (χ3v) is 3.29. The molecule has 98 valence electrons. The monoisotopic (exact) mass is 250 g/mol. The van der Waals surface area contributed by atoms with Crippen LogP contribution in [0.25, 0.3) is 0 Å². The molecule has 2 rings (SSSR count). The van der Waals surface area contributed by atoms with Crippen LogP contribution in [0.15, 0.2) is 12.1 Å². The lowest BCUT2D eigenvalue weighted by Crippen LogP contribution is -2.30. The van der Waals surface area contributed by atoms with E-state index in [9.17, 15) is 4.79 Å². The number of nitrogen functional groups attached to an aromatic ring is 1. The lowest BCUT2D eigenvalue weighted by molar-refractivity contribution is -0.124. The standard InChI is InChI=1S/C13H18N2O3/c1-4-13(2,3)12(16)15-9-6-11-10(5-8(9)14)17-7-18-11/h5-6H,4,7,14H2,1-3H3,(H,15,16). The minimum atomic E-state index is -0.428. The van der Waals surface area contributed by atoms with Gasteiger partial charge in [0.1, 0.15) is 0 Å². The van der Waals surface area contributed by atoms with Gasteiger partial charge in [0.05, 0.1) is 11.4 Å². The van der Waals surface area contributed by atoms with Gasteiger partial charge in [0.2, 0.25) is 12.7 Å². The van der Waals surface area contributed by atoms with E-state index in [4.69, 9.17) is 15.2 Å². The molecule has 0 radical (unpaired) electrons. The van der Waals surface area contributed by atoms with Crippen molar-refractivity contribution >= 4 is 17.3 Å². The van der Waals surface area contributed by atoms with E-state index in [1.54, 1.807) is 12.1 Å². The molecule has 0 saturated carbocycles. The molecule has 0 fully saturated rings. The molecule has 0 atom stereocenters. The second-order valence-electron chi connectivity index (χ2n) is 4.98. The minimum absolute atomic E-state index is 0.0597. The van der Waals surface area contributed by atoms with Crippen molar-refractivity contribution in [2.75, 3.05) is 17.8 Å². The van der Waals surface area contributed by atoms with Crippen molar-refractivity contribution in [3.05, 3.63) is 12.1 Å². The Morgan fingerprint density at radius 3 is 2.61 bits per heavy atom. The van der Waals surface area contributed by atoms with E-state index in [2.05, 4.69) is 5.32 Å². The highest BCUT2D eigenvalue weighted by Crippen LogP contribution is 2.38. The second-order valence-corrected chi connectivity index (χ2v) is 4.98. The number of carbonyl (C=O) groups excluding carboxylic acids is 1. The molecule has 1 aliphatic rings. The average molecular weight is 250 g/mol. The Balaban J connectivity index is 2.22. The first kappa shape index (κ1) is 12.5. The fourth-order valence-electron chi connectivity index (χ4n) is 1.52. The molecule has 1 aromatic rings. The van der Waals surface area contributed by atoms with E-state index < -0.39 is 5.41 Å². The first-order chi connectivity index (χ1) is 8.44. The van der Waals surface area contributed by atoms with Gasteiger partial charge in [0, 0.05) is 17.5 Å². The highest BCUT2D eigenvalue weighted by atomic mass is 16.7. The third-order valence-electron chi connectivity index (χ3n) is 3.29. The zero-order valence-electron chi connectivity index (χ0n) is 10.9. The van der Waals surface area contributed by atoms with Gasteiger partial charge in [-0.05, 0) is 6.42 Å². The van der Waals surface area contributed by atoms with E-state index in [0.29, 0.717) is 22.9 Å². The SMILES string of the molecule is CCC(C)(C)C(=O)Nc1cc2c(cc1N)OCO2. The van der Waals surface area contributed by atoms with Crippen molar-refractivity contribution in [2.45, 2.75) is 27.2 Å². The maximum Gasteiger partial charge on any atom is 0.231 e. The van der Waals surface area contributed by atoms with E-state index in [-0.39, 0.29) is 12.7 Å². The van der Waals surface area contributed by atoms with Crippen molar-refractivity contribution in [3.63, 3.8) is 0 Å². The van der Waals surface area contributed by atoms with Gasteiger partial charge < -0.3 is 20.5 Å². The summed E-state index contributed by atoms with van der Waals surface area (Å²) in [6.07, 6.45) is 0.753. The maximum absolute atomic E-state index is 12.1. The largest absolute Gasteiger partial charge is 0.454 e. The molecule has 0 aromatic heterocycles. The molecule has 0 saturated heterocycles. The number of nitrogens with one attached hydrogen (secondary N) is 1. The topological polar surface area (TPSA) is 73.6 Å². The number of benzene rings is 1. The molecule has 0 spiro atoms. The van der Waals surface area contributed by atoms with E-state index >= 15 is 0 Å². The zero-order chi connectivity index (χ0) is 13.3. The van der Waals surface area contributed by atoms with Gasteiger partial charge in [0.25, 0.3) is 0 Å². The minimum Gasteiger partial charge on any atom is -0.454 e. The predicted molar refractivity (Wildman–Crippen MR) is 69.7 cm³/mol. The van der Waals surface area contributed by atoms with Crippen LogP contribution in [-0.2, 0) is 4.79 Å². The van der Waals surface area contributed by atoms with Crippen LogP contribution in [0.3, 0.4) is 0 Å². The van der Waals surface area contributed by atoms with Crippen LogP contribution < -0.4 is 20.5 Å². The smallest absolute Gasteiger partial charge is 0.231 e. The molecule has 1 amide bonds. The molecule has 0 bridgehead atoms. The summed E-state index contributed by atoms with van der Waals surface area (Å²) in [4.78, 5) is 12.1. The predicted octanol–water partition coefficient (Wildman–Crippen LogP) is 2.37. The van der Waals surface area contributed by atoms with Gasteiger partial charge in [-0.15, -0.1) is 0 Å². The third kappa shape index (κ3) is 2.20. The van der Waals surface area contributed by atoms with Crippen molar-refractivity contribution in [2.24, 2.45) is 5.41 Å². The average Bonchev–Trinajstić information content (AvgIpc) is 2.76. The number of nitrogens with two attached hydrogens (primary N) is 1. The van der Waals surface area contributed by atoms with E-state index in [1.165, 1.54) is 0 Å². The Bertz CT molecular complexity index is 483. The Labute approximate surface area is 106 Å². The van der Waals surface area contributed by atoms with Crippen LogP contribution in [0.1, 0.15) is 27.2 Å².